The molecule has 1 heteroatoms. The van der Waals surface area contributed by atoms with Gasteiger partial charge in [-0.1, -0.05) is 19.1 Å². The summed E-state index contributed by atoms with van der Waals surface area (Å²) in [5.74, 6) is 0.768. The molecule has 0 aliphatic heterocycles. The van der Waals surface area contributed by atoms with E-state index in [2.05, 4.69) is 20.4 Å². The van der Waals surface area contributed by atoms with Crippen LogP contribution in [0.1, 0.15) is 39.5 Å². The van der Waals surface area contributed by atoms with Crippen molar-refractivity contribution in [3.8, 4) is 0 Å². The van der Waals surface area contributed by atoms with Gasteiger partial charge >= 0.3 is 0 Å². The maximum absolute atomic E-state index is 5.74. The van der Waals surface area contributed by atoms with Crippen LogP contribution in [0.4, 0.5) is 0 Å². The first kappa shape index (κ1) is 9.79. The highest BCUT2D eigenvalue weighted by Crippen LogP contribution is 2.39. The molecule has 0 amide bonds. The Morgan fingerprint density at radius 1 is 1.50 bits per heavy atom. The predicted octanol–water partition coefficient (Wildman–Crippen LogP) is 2.72. The van der Waals surface area contributed by atoms with Crippen LogP contribution in [0.15, 0.2) is 12.2 Å². The van der Waals surface area contributed by atoms with Gasteiger partial charge in [0.05, 0.1) is 0 Å². The molecular formula is C11H21N. The molecule has 0 atom stereocenters. The molecule has 1 aliphatic rings. The second-order valence-corrected chi connectivity index (χ2v) is 4.64. The van der Waals surface area contributed by atoms with E-state index in [9.17, 15) is 0 Å². The van der Waals surface area contributed by atoms with Crippen molar-refractivity contribution >= 4 is 0 Å². The summed E-state index contributed by atoms with van der Waals surface area (Å²) >= 11 is 0. The lowest BCUT2D eigenvalue weighted by Gasteiger charge is -2.36. The third kappa shape index (κ3) is 2.10. The van der Waals surface area contributed by atoms with Gasteiger partial charge in [0, 0.05) is 0 Å². The average Bonchev–Trinajstić information content (AvgIpc) is 2.05. The second kappa shape index (κ2) is 3.61. The molecule has 0 spiro atoms. The van der Waals surface area contributed by atoms with E-state index in [-0.39, 0.29) is 0 Å². The molecule has 2 N–H and O–H groups in total. The quantitative estimate of drug-likeness (QED) is 0.629. The van der Waals surface area contributed by atoms with Gasteiger partial charge in [0.1, 0.15) is 0 Å². The smallest absolute Gasteiger partial charge is 0.00232 e. The summed E-state index contributed by atoms with van der Waals surface area (Å²) in [5.41, 5.74) is 7.51. The van der Waals surface area contributed by atoms with Crippen molar-refractivity contribution in [3.63, 3.8) is 0 Å². The summed E-state index contributed by atoms with van der Waals surface area (Å²) < 4.78 is 0. The van der Waals surface area contributed by atoms with Gasteiger partial charge in [-0.15, -0.1) is 0 Å². The van der Waals surface area contributed by atoms with E-state index < -0.39 is 0 Å². The number of hydrogen-bond acceptors (Lipinski definition) is 1. The summed E-state index contributed by atoms with van der Waals surface area (Å²) in [6.45, 7) is 9.32. The van der Waals surface area contributed by atoms with E-state index in [0.717, 1.165) is 12.5 Å². The summed E-state index contributed by atoms with van der Waals surface area (Å²) in [5, 5.41) is 0. The molecule has 1 nitrogen and oxygen atoms in total. The number of rotatable bonds is 2. The fourth-order valence-corrected chi connectivity index (χ4v) is 2.01. The third-order valence-corrected chi connectivity index (χ3v) is 3.38. The first-order valence-electron chi connectivity index (χ1n) is 4.93. The highest BCUT2D eigenvalue weighted by molar-refractivity contribution is 4.99. The van der Waals surface area contributed by atoms with Gasteiger partial charge in [0.25, 0.3) is 0 Å². The average molecular weight is 167 g/mol. The summed E-state index contributed by atoms with van der Waals surface area (Å²) in [4.78, 5) is 0. The Hall–Kier alpha value is -0.300. The van der Waals surface area contributed by atoms with Crippen molar-refractivity contribution in [2.45, 2.75) is 39.5 Å². The minimum absolute atomic E-state index is 0.423. The number of hydrogen-bond donors (Lipinski definition) is 1. The Bertz CT molecular complexity index is 164. The molecule has 1 saturated carbocycles. The molecule has 0 radical (unpaired) electrons. The largest absolute Gasteiger partial charge is 0.330 e. The molecule has 0 aromatic carbocycles. The fraction of sp³-hybridized carbons (Fsp3) is 0.818. The van der Waals surface area contributed by atoms with Crippen LogP contribution in [-0.2, 0) is 0 Å². The molecule has 0 bridgehead atoms. The zero-order valence-corrected chi connectivity index (χ0v) is 8.40. The van der Waals surface area contributed by atoms with Crippen LogP contribution < -0.4 is 5.73 Å². The molecule has 1 rings (SSSR count). The van der Waals surface area contributed by atoms with Gasteiger partial charge in [-0.25, -0.2) is 0 Å². The highest BCUT2D eigenvalue weighted by atomic mass is 14.6. The fourth-order valence-electron chi connectivity index (χ4n) is 2.01. The molecule has 70 valence electrons. The van der Waals surface area contributed by atoms with E-state index in [0.29, 0.717) is 5.41 Å². The Balaban J connectivity index is 2.44. The highest BCUT2D eigenvalue weighted by Gasteiger charge is 2.29. The Morgan fingerprint density at radius 2 is 2.00 bits per heavy atom. The van der Waals surface area contributed by atoms with E-state index in [1.165, 1.54) is 31.3 Å². The van der Waals surface area contributed by atoms with Gasteiger partial charge in [0.15, 0.2) is 0 Å². The van der Waals surface area contributed by atoms with Crippen LogP contribution in [0, 0.1) is 11.3 Å². The van der Waals surface area contributed by atoms with Crippen molar-refractivity contribution in [3.05, 3.63) is 12.2 Å². The van der Waals surface area contributed by atoms with Gasteiger partial charge in [-0.05, 0) is 50.5 Å². The van der Waals surface area contributed by atoms with E-state index in [1.807, 2.05) is 0 Å². The van der Waals surface area contributed by atoms with E-state index >= 15 is 0 Å². The lowest BCUT2D eigenvalue weighted by Crippen LogP contribution is -2.32. The van der Waals surface area contributed by atoms with Crippen LogP contribution >= 0.6 is 0 Å². The van der Waals surface area contributed by atoms with Crippen LogP contribution in [0.3, 0.4) is 0 Å². The standard InChI is InChI=1S/C11H21N/c1-9(2)10-4-6-11(3,8-12)7-5-10/h10H,1,4-8,12H2,2-3H3. The third-order valence-electron chi connectivity index (χ3n) is 3.38. The summed E-state index contributed by atoms with van der Waals surface area (Å²) in [6, 6.07) is 0. The van der Waals surface area contributed by atoms with Crippen LogP contribution in [0.5, 0.6) is 0 Å². The molecular weight excluding hydrogens is 146 g/mol. The van der Waals surface area contributed by atoms with Crippen LogP contribution in [0.2, 0.25) is 0 Å². The minimum atomic E-state index is 0.423. The van der Waals surface area contributed by atoms with Crippen molar-refractivity contribution in [2.75, 3.05) is 6.54 Å². The van der Waals surface area contributed by atoms with Gasteiger partial charge in [0.2, 0.25) is 0 Å². The zero-order valence-electron chi connectivity index (χ0n) is 8.40. The number of nitrogens with two attached hydrogens (primary N) is 1. The molecule has 12 heavy (non-hydrogen) atoms. The molecule has 0 unspecified atom stereocenters. The van der Waals surface area contributed by atoms with Crippen molar-refractivity contribution in [1.82, 2.24) is 0 Å². The normalized spacial score (nSPS) is 36.4. The molecule has 0 saturated heterocycles. The monoisotopic (exact) mass is 167 g/mol. The number of allylic oxidation sites excluding steroid dienone is 1. The van der Waals surface area contributed by atoms with Gasteiger partial charge in [-0.2, -0.15) is 0 Å². The second-order valence-electron chi connectivity index (χ2n) is 4.64. The zero-order chi connectivity index (χ0) is 9.19. The van der Waals surface area contributed by atoms with E-state index in [1.54, 1.807) is 0 Å². The lowest BCUT2D eigenvalue weighted by atomic mass is 9.70. The maximum atomic E-state index is 5.74. The van der Waals surface area contributed by atoms with Crippen LogP contribution in [-0.4, -0.2) is 6.54 Å². The first-order chi connectivity index (χ1) is 5.57. The Kier molecular flexibility index (Phi) is 2.94. The maximum Gasteiger partial charge on any atom is -0.00232 e. The molecule has 0 aromatic rings. The SMILES string of the molecule is C=C(C)C1CCC(C)(CN)CC1. The first-order valence-corrected chi connectivity index (χ1v) is 4.93. The van der Waals surface area contributed by atoms with Crippen molar-refractivity contribution in [2.24, 2.45) is 17.1 Å². The molecule has 1 fully saturated rings. The van der Waals surface area contributed by atoms with Crippen molar-refractivity contribution in [1.29, 1.82) is 0 Å². The summed E-state index contributed by atoms with van der Waals surface area (Å²) in [7, 11) is 0. The van der Waals surface area contributed by atoms with E-state index in [4.69, 9.17) is 5.73 Å². The molecule has 0 aromatic heterocycles. The van der Waals surface area contributed by atoms with Crippen molar-refractivity contribution < 1.29 is 0 Å². The Morgan fingerprint density at radius 3 is 2.33 bits per heavy atom. The predicted molar refractivity (Wildman–Crippen MR) is 53.9 cm³/mol. The lowest BCUT2D eigenvalue weighted by molar-refractivity contribution is 0.194. The molecule has 0 heterocycles. The van der Waals surface area contributed by atoms with Gasteiger partial charge < -0.3 is 5.73 Å². The molecule has 1 aliphatic carbocycles. The Labute approximate surface area is 76.0 Å². The van der Waals surface area contributed by atoms with Crippen LogP contribution in [0.25, 0.3) is 0 Å². The summed E-state index contributed by atoms with van der Waals surface area (Å²) in [6.07, 6.45) is 5.15. The minimum Gasteiger partial charge on any atom is -0.330 e. The topological polar surface area (TPSA) is 26.0 Å². The van der Waals surface area contributed by atoms with Gasteiger partial charge in [-0.3, -0.25) is 0 Å².